The molecule has 0 unspecified atom stereocenters. The van der Waals surface area contributed by atoms with Gasteiger partial charge in [-0.25, -0.2) is 0 Å². The number of fused-ring (bicyclic) bond motifs is 1. The summed E-state index contributed by atoms with van der Waals surface area (Å²) in [4.78, 5) is 38.8. The molecule has 1 amide bonds. The van der Waals surface area contributed by atoms with Crippen LogP contribution in [0, 0.1) is 16.7 Å². The number of amides is 1. The topological polar surface area (TPSA) is 113 Å². The number of ether oxygens (including phenoxy) is 1. The lowest BCUT2D eigenvalue weighted by Gasteiger charge is -2.32. The minimum Gasteiger partial charge on any atom is -0.465 e. The third-order valence-electron chi connectivity index (χ3n) is 5.06. The van der Waals surface area contributed by atoms with Crippen LogP contribution in [0.4, 0.5) is 0 Å². The first kappa shape index (κ1) is 18.9. The lowest BCUT2D eigenvalue weighted by Crippen LogP contribution is -2.45. The van der Waals surface area contributed by atoms with Gasteiger partial charge in [-0.2, -0.15) is 16.6 Å². The summed E-state index contributed by atoms with van der Waals surface area (Å²) in [5.74, 6) is -2.38. The summed E-state index contributed by atoms with van der Waals surface area (Å²) in [7, 11) is 0. The molecule has 2 aliphatic rings. The van der Waals surface area contributed by atoms with Crippen LogP contribution in [0.1, 0.15) is 25.3 Å². The number of Topliss-reactive ketones (excluding diaryl/α,β-unsaturated/α-hetero) is 1. The van der Waals surface area contributed by atoms with Crippen LogP contribution in [0.2, 0.25) is 0 Å². The molecule has 0 saturated carbocycles. The molecule has 1 aromatic heterocycles. The monoisotopic (exact) mass is 385 g/mol. The second-order valence-corrected chi connectivity index (χ2v) is 7.25. The van der Waals surface area contributed by atoms with Gasteiger partial charge in [0, 0.05) is 17.7 Å². The first-order valence-corrected chi connectivity index (χ1v) is 9.41. The Morgan fingerprint density at radius 2 is 2.19 bits per heavy atom. The van der Waals surface area contributed by atoms with E-state index < -0.39 is 35.3 Å². The molecule has 4 atom stereocenters. The number of allylic oxidation sites excluding steroid dienone is 2. The van der Waals surface area contributed by atoms with Crippen molar-refractivity contribution in [3.05, 3.63) is 46.3 Å². The number of ketones is 1. The summed E-state index contributed by atoms with van der Waals surface area (Å²) < 4.78 is 5.24. The lowest BCUT2D eigenvalue weighted by molar-refractivity contribution is -0.153. The van der Waals surface area contributed by atoms with Crippen molar-refractivity contribution in [2.75, 3.05) is 6.61 Å². The number of nitrogens with two attached hydrogens (primary N) is 1. The highest BCUT2D eigenvalue weighted by atomic mass is 32.1. The van der Waals surface area contributed by atoms with Gasteiger partial charge in [0.1, 0.15) is 6.04 Å². The number of hydrogen-bond donors (Lipinski definition) is 1. The maximum Gasteiger partial charge on any atom is 0.329 e. The van der Waals surface area contributed by atoms with Gasteiger partial charge >= 0.3 is 5.97 Å². The molecule has 3 rings (SSSR count). The lowest BCUT2D eigenvalue weighted by atomic mass is 9.69. The highest BCUT2D eigenvalue weighted by Gasteiger charge is 2.66. The summed E-state index contributed by atoms with van der Waals surface area (Å²) in [5, 5.41) is 13.8. The number of carbonyl (C=O) groups is 3. The number of rotatable bonds is 5. The van der Waals surface area contributed by atoms with Gasteiger partial charge in [-0.15, -0.1) is 0 Å². The Balaban J connectivity index is 2.26. The van der Waals surface area contributed by atoms with Gasteiger partial charge in [0.2, 0.25) is 5.91 Å². The summed E-state index contributed by atoms with van der Waals surface area (Å²) in [6.07, 6.45) is 4.70. The fourth-order valence-electron chi connectivity index (χ4n) is 3.92. The van der Waals surface area contributed by atoms with Crippen molar-refractivity contribution in [1.82, 2.24) is 4.90 Å². The molecule has 0 aromatic carbocycles. The SMILES string of the molecule is CCOC(=O)[C@]1(C#N)[C@H](c2ccsc2)[C@@H](C(N)=O)N2C=C(C(C)=O)C=C[C@H]21. The third kappa shape index (κ3) is 2.75. The summed E-state index contributed by atoms with van der Waals surface area (Å²) in [5.41, 5.74) is 5.08. The molecule has 1 fully saturated rings. The molecule has 3 heterocycles. The average molecular weight is 385 g/mol. The molecule has 2 N–H and O–H groups in total. The number of thiophene rings is 1. The van der Waals surface area contributed by atoms with Crippen molar-refractivity contribution in [3.63, 3.8) is 0 Å². The van der Waals surface area contributed by atoms with E-state index in [2.05, 4.69) is 6.07 Å². The first-order valence-electron chi connectivity index (χ1n) is 8.46. The van der Waals surface area contributed by atoms with Gasteiger partial charge in [-0.1, -0.05) is 12.2 Å². The van der Waals surface area contributed by atoms with Gasteiger partial charge in [0.25, 0.3) is 0 Å². The predicted octanol–water partition coefficient (Wildman–Crippen LogP) is 1.49. The largest absolute Gasteiger partial charge is 0.465 e. The molecule has 0 spiro atoms. The molecule has 1 aromatic rings. The normalized spacial score (nSPS) is 28.9. The van der Waals surface area contributed by atoms with Crippen LogP contribution in [-0.4, -0.2) is 41.3 Å². The van der Waals surface area contributed by atoms with E-state index in [0.717, 1.165) is 0 Å². The zero-order valence-electron chi connectivity index (χ0n) is 14.9. The van der Waals surface area contributed by atoms with Crippen molar-refractivity contribution in [2.24, 2.45) is 11.1 Å². The third-order valence-corrected chi connectivity index (χ3v) is 5.76. The molecule has 27 heavy (non-hydrogen) atoms. The molecule has 0 aliphatic carbocycles. The second kappa shape index (κ2) is 7.00. The quantitative estimate of drug-likeness (QED) is 0.768. The van der Waals surface area contributed by atoms with E-state index in [0.29, 0.717) is 11.1 Å². The summed E-state index contributed by atoms with van der Waals surface area (Å²) >= 11 is 1.40. The molecular formula is C19H19N3O4S. The van der Waals surface area contributed by atoms with Crippen LogP contribution in [0.3, 0.4) is 0 Å². The van der Waals surface area contributed by atoms with Crippen LogP contribution in [0.5, 0.6) is 0 Å². The maximum absolute atomic E-state index is 13.0. The molecule has 140 valence electrons. The highest BCUT2D eigenvalue weighted by molar-refractivity contribution is 7.08. The Labute approximate surface area is 160 Å². The van der Waals surface area contributed by atoms with E-state index in [1.54, 1.807) is 35.4 Å². The van der Waals surface area contributed by atoms with Gasteiger partial charge in [-0.3, -0.25) is 14.4 Å². The standard InChI is InChI=1S/C19H19N3O4S/c1-3-26-18(25)19(10-20)14-5-4-12(11(2)23)8-22(14)16(17(21)24)15(19)13-6-7-27-9-13/h4-9,14-16H,3H2,1-2H3,(H2,21,24)/t14-,15+,16-,19-/m0/s1. The minimum atomic E-state index is -1.66. The number of nitriles is 1. The van der Waals surface area contributed by atoms with E-state index in [1.165, 1.54) is 24.5 Å². The fraction of sp³-hybridized carbons (Fsp3) is 0.368. The Morgan fingerprint density at radius 3 is 2.70 bits per heavy atom. The molecule has 1 saturated heterocycles. The van der Waals surface area contributed by atoms with Crippen LogP contribution < -0.4 is 5.73 Å². The van der Waals surface area contributed by atoms with Crippen LogP contribution >= 0.6 is 11.3 Å². The number of hydrogen-bond acceptors (Lipinski definition) is 7. The van der Waals surface area contributed by atoms with Crippen LogP contribution in [0.25, 0.3) is 0 Å². The van der Waals surface area contributed by atoms with E-state index in [9.17, 15) is 19.6 Å². The van der Waals surface area contributed by atoms with Crippen molar-refractivity contribution >= 4 is 29.0 Å². The van der Waals surface area contributed by atoms with E-state index in [-0.39, 0.29) is 12.4 Å². The highest BCUT2D eigenvalue weighted by Crippen LogP contribution is 2.54. The average Bonchev–Trinajstić information content (AvgIpc) is 3.25. The maximum atomic E-state index is 13.0. The zero-order valence-corrected chi connectivity index (χ0v) is 15.7. The summed E-state index contributed by atoms with van der Waals surface area (Å²) in [6.45, 7) is 3.17. The van der Waals surface area contributed by atoms with Gasteiger partial charge in [0.05, 0.1) is 18.7 Å². The van der Waals surface area contributed by atoms with Crippen molar-refractivity contribution in [2.45, 2.75) is 31.8 Å². The molecule has 7 nitrogen and oxygen atoms in total. The molecule has 0 bridgehead atoms. The van der Waals surface area contributed by atoms with Crippen molar-refractivity contribution in [1.29, 1.82) is 5.26 Å². The van der Waals surface area contributed by atoms with Crippen molar-refractivity contribution in [3.8, 4) is 6.07 Å². The fourth-order valence-corrected chi connectivity index (χ4v) is 4.62. The molecule has 8 heteroatoms. The molecular weight excluding hydrogens is 366 g/mol. The number of nitrogens with zero attached hydrogens (tertiary/aromatic N) is 2. The Kier molecular flexibility index (Phi) is 4.89. The minimum absolute atomic E-state index is 0.102. The smallest absolute Gasteiger partial charge is 0.329 e. The Hall–Kier alpha value is -2.92. The van der Waals surface area contributed by atoms with E-state index in [4.69, 9.17) is 10.5 Å². The first-order chi connectivity index (χ1) is 12.9. The van der Waals surface area contributed by atoms with Gasteiger partial charge in [0.15, 0.2) is 11.2 Å². The van der Waals surface area contributed by atoms with Crippen molar-refractivity contribution < 1.29 is 19.1 Å². The Morgan fingerprint density at radius 1 is 1.44 bits per heavy atom. The predicted molar refractivity (Wildman–Crippen MR) is 98.3 cm³/mol. The van der Waals surface area contributed by atoms with Crippen LogP contribution in [0.15, 0.2) is 40.8 Å². The number of carbonyl (C=O) groups excluding carboxylic acids is 3. The van der Waals surface area contributed by atoms with E-state index in [1.807, 2.05) is 5.38 Å². The molecule has 2 aliphatic heterocycles. The zero-order chi connectivity index (χ0) is 19.8. The Bertz CT molecular complexity index is 883. The van der Waals surface area contributed by atoms with Crippen LogP contribution in [-0.2, 0) is 19.1 Å². The number of primary amides is 1. The number of esters is 1. The van der Waals surface area contributed by atoms with E-state index >= 15 is 0 Å². The van der Waals surface area contributed by atoms with Gasteiger partial charge in [-0.05, 0) is 36.2 Å². The summed E-state index contributed by atoms with van der Waals surface area (Å²) in [6, 6.07) is 2.18. The van der Waals surface area contributed by atoms with Gasteiger partial charge < -0.3 is 15.4 Å². The second-order valence-electron chi connectivity index (χ2n) is 6.47. The molecule has 0 radical (unpaired) electrons.